The van der Waals surface area contributed by atoms with Gasteiger partial charge in [-0.05, 0) is 48.9 Å². The summed E-state index contributed by atoms with van der Waals surface area (Å²) in [5, 5.41) is 3.77. The number of anilines is 1. The molecule has 0 radical (unpaired) electrons. The van der Waals surface area contributed by atoms with Gasteiger partial charge in [-0.1, -0.05) is 36.4 Å². The Morgan fingerprint density at radius 1 is 1.00 bits per heavy atom. The van der Waals surface area contributed by atoms with Gasteiger partial charge < -0.3 is 15.0 Å². The lowest BCUT2D eigenvalue weighted by Gasteiger charge is -2.21. The Hall–Kier alpha value is -4.31. The van der Waals surface area contributed by atoms with Gasteiger partial charge in [-0.15, -0.1) is 0 Å². The standard InChI is InChI=1S/C26H22F3N5O2/c1-25(32-24(33-34-25)30-19-8-4-7-18(13-19)26(27,28)29)17-6-5-9-20(14-17)36-15-16-12-23(35)31-22-11-3-2-10-21(16)22/h2-14,34H,15H2,1H3,(H,31,35)(H2,30,32,33). The summed E-state index contributed by atoms with van der Waals surface area (Å²) in [5.41, 5.74) is 6.61. The first-order valence-corrected chi connectivity index (χ1v) is 11.1. The lowest BCUT2D eigenvalue weighted by atomic mass is 10.0. The molecule has 1 aromatic heterocycles. The first-order valence-electron chi connectivity index (χ1n) is 11.1. The second-order valence-electron chi connectivity index (χ2n) is 8.51. The van der Waals surface area contributed by atoms with E-state index < -0.39 is 17.4 Å². The van der Waals surface area contributed by atoms with E-state index in [1.165, 1.54) is 18.2 Å². The third kappa shape index (κ3) is 4.89. The van der Waals surface area contributed by atoms with Crippen LogP contribution in [0.5, 0.6) is 5.75 Å². The molecule has 0 spiro atoms. The number of rotatable bonds is 5. The maximum absolute atomic E-state index is 13.0. The Kier molecular flexibility index (Phi) is 5.89. The van der Waals surface area contributed by atoms with Crippen molar-refractivity contribution in [2.75, 3.05) is 5.32 Å². The van der Waals surface area contributed by atoms with Gasteiger partial charge in [0.15, 0.2) is 5.66 Å². The Labute approximate surface area is 204 Å². The number of hydrazine groups is 1. The van der Waals surface area contributed by atoms with Gasteiger partial charge in [0.2, 0.25) is 11.5 Å². The number of aromatic nitrogens is 1. The number of fused-ring (bicyclic) bond motifs is 1. The highest BCUT2D eigenvalue weighted by atomic mass is 19.4. The lowest BCUT2D eigenvalue weighted by molar-refractivity contribution is -0.137. The molecule has 0 bridgehead atoms. The second kappa shape index (κ2) is 9.04. The molecule has 3 aromatic carbocycles. The average Bonchev–Trinajstić information content (AvgIpc) is 3.24. The quantitative estimate of drug-likeness (QED) is 0.318. The molecular formula is C26H22F3N5O2. The van der Waals surface area contributed by atoms with Crippen LogP contribution in [0.2, 0.25) is 0 Å². The fourth-order valence-electron chi connectivity index (χ4n) is 4.01. The zero-order valence-electron chi connectivity index (χ0n) is 19.1. The smallest absolute Gasteiger partial charge is 0.416 e. The topological polar surface area (TPSA) is 90.5 Å². The summed E-state index contributed by atoms with van der Waals surface area (Å²) in [6, 6.07) is 21.2. The lowest BCUT2D eigenvalue weighted by Crippen LogP contribution is -2.42. The molecule has 1 aliphatic rings. The number of halogens is 3. The largest absolute Gasteiger partial charge is 0.489 e. The van der Waals surface area contributed by atoms with Gasteiger partial charge in [0.25, 0.3) is 0 Å². The molecule has 7 nitrogen and oxygen atoms in total. The van der Waals surface area contributed by atoms with Gasteiger partial charge in [0.05, 0.1) is 5.56 Å². The van der Waals surface area contributed by atoms with Crippen molar-refractivity contribution in [1.29, 1.82) is 0 Å². The molecule has 184 valence electrons. The van der Waals surface area contributed by atoms with Crippen LogP contribution < -0.4 is 26.5 Å². The summed E-state index contributed by atoms with van der Waals surface area (Å²) in [6.45, 7) is 2.02. The Morgan fingerprint density at radius 3 is 2.64 bits per heavy atom. The van der Waals surface area contributed by atoms with Crippen molar-refractivity contribution >= 4 is 22.5 Å². The van der Waals surface area contributed by atoms with E-state index in [1.54, 1.807) is 6.07 Å². The number of benzene rings is 3. The number of nitrogens with zero attached hydrogens (tertiary/aromatic N) is 1. The Morgan fingerprint density at radius 2 is 1.81 bits per heavy atom. The number of para-hydroxylation sites is 1. The molecule has 2 heterocycles. The highest BCUT2D eigenvalue weighted by Gasteiger charge is 2.33. The van der Waals surface area contributed by atoms with Crippen LogP contribution in [-0.4, -0.2) is 10.9 Å². The Balaban J connectivity index is 1.33. The first kappa shape index (κ1) is 23.4. The van der Waals surface area contributed by atoms with E-state index in [0.717, 1.165) is 34.2 Å². The van der Waals surface area contributed by atoms with Crippen molar-refractivity contribution in [3.63, 3.8) is 0 Å². The fraction of sp³-hybridized carbons (Fsp3) is 0.154. The third-order valence-corrected chi connectivity index (χ3v) is 5.84. The van der Waals surface area contributed by atoms with E-state index in [9.17, 15) is 18.0 Å². The van der Waals surface area contributed by atoms with Crippen LogP contribution in [0.15, 0.2) is 88.6 Å². The van der Waals surface area contributed by atoms with E-state index >= 15 is 0 Å². The average molecular weight is 493 g/mol. The number of guanidine groups is 1. The number of hydrogen-bond donors (Lipinski definition) is 4. The third-order valence-electron chi connectivity index (χ3n) is 5.84. The number of aromatic amines is 1. The molecule has 0 saturated heterocycles. The highest BCUT2D eigenvalue weighted by Crippen LogP contribution is 2.31. The monoisotopic (exact) mass is 493 g/mol. The van der Waals surface area contributed by atoms with Gasteiger partial charge in [0.1, 0.15) is 12.4 Å². The Bertz CT molecular complexity index is 1520. The number of pyridine rings is 1. The predicted octanol–water partition coefficient (Wildman–Crippen LogP) is 4.87. The van der Waals surface area contributed by atoms with Crippen molar-refractivity contribution in [3.05, 3.63) is 106 Å². The van der Waals surface area contributed by atoms with Crippen molar-refractivity contribution in [2.24, 2.45) is 4.99 Å². The summed E-state index contributed by atoms with van der Waals surface area (Å²) in [6.07, 6.45) is -4.44. The van der Waals surface area contributed by atoms with Gasteiger partial charge >= 0.3 is 6.18 Å². The predicted molar refractivity (Wildman–Crippen MR) is 131 cm³/mol. The summed E-state index contributed by atoms with van der Waals surface area (Å²) >= 11 is 0. The van der Waals surface area contributed by atoms with Crippen molar-refractivity contribution in [1.82, 2.24) is 15.8 Å². The maximum Gasteiger partial charge on any atom is 0.416 e. The fourth-order valence-corrected chi connectivity index (χ4v) is 4.01. The van der Waals surface area contributed by atoms with E-state index in [1.807, 2.05) is 49.4 Å². The molecule has 1 atom stereocenters. The summed E-state index contributed by atoms with van der Waals surface area (Å²) in [5.74, 6) is 0.854. The van der Waals surface area contributed by atoms with Crippen LogP contribution in [-0.2, 0) is 18.4 Å². The first-order chi connectivity index (χ1) is 17.2. The van der Waals surface area contributed by atoms with Crippen LogP contribution in [0.1, 0.15) is 23.6 Å². The minimum Gasteiger partial charge on any atom is -0.489 e. The van der Waals surface area contributed by atoms with E-state index in [-0.39, 0.29) is 23.8 Å². The van der Waals surface area contributed by atoms with Crippen LogP contribution >= 0.6 is 0 Å². The maximum atomic E-state index is 13.0. The zero-order chi connectivity index (χ0) is 25.3. The van der Waals surface area contributed by atoms with Crippen molar-refractivity contribution in [2.45, 2.75) is 25.4 Å². The number of ether oxygens (including phenoxy) is 1. The van der Waals surface area contributed by atoms with Gasteiger partial charge in [-0.25, -0.2) is 10.4 Å². The number of aliphatic imine (C=N–C) groups is 1. The number of hydrogen-bond acceptors (Lipinski definition) is 6. The summed E-state index contributed by atoms with van der Waals surface area (Å²) < 4.78 is 45.0. The molecule has 0 amide bonds. The normalized spacial score (nSPS) is 17.5. The molecule has 4 aromatic rings. The van der Waals surface area contributed by atoms with Crippen LogP contribution in [0, 0.1) is 0 Å². The molecule has 1 aliphatic heterocycles. The van der Waals surface area contributed by atoms with Crippen LogP contribution in [0.3, 0.4) is 0 Å². The van der Waals surface area contributed by atoms with E-state index in [2.05, 4.69) is 26.1 Å². The summed E-state index contributed by atoms with van der Waals surface area (Å²) in [7, 11) is 0. The van der Waals surface area contributed by atoms with E-state index in [0.29, 0.717) is 5.75 Å². The van der Waals surface area contributed by atoms with E-state index in [4.69, 9.17) is 4.74 Å². The minimum absolute atomic E-state index is 0.196. The number of alkyl halides is 3. The number of nitrogens with one attached hydrogen (secondary N) is 4. The zero-order valence-corrected chi connectivity index (χ0v) is 19.1. The molecule has 4 N–H and O–H groups in total. The van der Waals surface area contributed by atoms with Gasteiger partial charge in [0, 0.05) is 28.2 Å². The van der Waals surface area contributed by atoms with Crippen molar-refractivity contribution in [3.8, 4) is 5.75 Å². The molecule has 36 heavy (non-hydrogen) atoms. The minimum atomic E-state index is -4.44. The molecular weight excluding hydrogens is 471 g/mol. The summed E-state index contributed by atoms with van der Waals surface area (Å²) in [4.78, 5) is 19.4. The van der Waals surface area contributed by atoms with Gasteiger partial charge in [-0.2, -0.15) is 13.2 Å². The van der Waals surface area contributed by atoms with Crippen LogP contribution in [0.4, 0.5) is 18.9 Å². The SMILES string of the molecule is CC1(c2cccc(OCc3cc(=O)[nH]c4ccccc34)c2)N=C(Nc2cccc(C(F)(F)F)c2)NN1. The molecule has 10 heteroatoms. The molecule has 0 aliphatic carbocycles. The van der Waals surface area contributed by atoms with Crippen molar-refractivity contribution < 1.29 is 17.9 Å². The molecule has 5 rings (SSSR count). The van der Waals surface area contributed by atoms with Gasteiger partial charge in [-0.3, -0.25) is 10.2 Å². The van der Waals surface area contributed by atoms with Crippen LogP contribution in [0.25, 0.3) is 10.9 Å². The molecule has 0 saturated carbocycles. The molecule has 1 unspecified atom stereocenters. The molecule has 0 fully saturated rings. The highest BCUT2D eigenvalue weighted by molar-refractivity contribution is 5.94. The second-order valence-corrected chi connectivity index (χ2v) is 8.51. The number of H-pyrrole nitrogens is 1.